The first kappa shape index (κ1) is 20.3. The van der Waals surface area contributed by atoms with Gasteiger partial charge < -0.3 is 20.1 Å². The average molecular weight is 436 g/mol. The predicted octanol–water partition coefficient (Wildman–Crippen LogP) is 4.98. The molecule has 0 unspecified atom stereocenters. The Morgan fingerprint density at radius 2 is 1.52 bits per heavy atom. The van der Waals surface area contributed by atoms with Crippen LogP contribution in [0.25, 0.3) is 16.8 Å². The van der Waals surface area contributed by atoms with E-state index in [1.165, 1.54) is 0 Å². The molecule has 0 fully saturated rings. The fourth-order valence-corrected chi connectivity index (χ4v) is 3.58. The molecule has 4 aromatic rings. The van der Waals surface area contributed by atoms with E-state index < -0.39 is 5.91 Å². The molecule has 0 aliphatic carbocycles. The first-order valence-corrected chi connectivity index (χ1v) is 10.4. The minimum atomic E-state index is -0.438. The van der Waals surface area contributed by atoms with Crippen LogP contribution in [0, 0.1) is 0 Å². The van der Waals surface area contributed by atoms with Gasteiger partial charge in [-0.25, -0.2) is 0 Å². The van der Waals surface area contributed by atoms with Gasteiger partial charge in [-0.1, -0.05) is 54.6 Å². The van der Waals surface area contributed by atoms with Crippen LogP contribution in [0.15, 0.2) is 96.7 Å². The largest absolute Gasteiger partial charge is 0.454 e. The lowest BCUT2D eigenvalue weighted by atomic mass is 10.1. The van der Waals surface area contributed by atoms with Gasteiger partial charge in [-0.3, -0.25) is 9.59 Å². The molecule has 0 atom stereocenters. The first-order valence-electron chi connectivity index (χ1n) is 10.4. The minimum absolute atomic E-state index is 0.107. The van der Waals surface area contributed by atoms with Gasteiger partial charge in [-0.05, 0) is 58.8 Å². The molecule has 0 spiro atoms. The number of ether oxygens (including phenoxy) is 2. The summed E-state index contributed by atoms with van der Waals surface area (Å²) in [5, 5.41) is 7.71. The van der Waals surface area contributed by atoms with Crippen molar-refractivity contribution >= 4 is 34.4 Å². The van der Waals surface area contributed by atoms with Crippen molar-refractivity contribution in [2.75, 3.05) is 12.1 Å². The van der Waals surface area contributed by atoms with Crippen LogP contribution in [0.2, 0.25) is 0 Å². The molecule has 0 aromatic heterocycles. The summed E-state index contributed by atoms with van der Waals surface area (Å²) in [6, 6.07) is 27.6. The molecule has 0 radical (unpaired) electrons. The van der Waals surface area contributed by atoms with E-state index in [1.807, 2.05) is 48.5 Å². The number of rotatable bonds is 5. The van der Waals surface area contributed by atoms with Crippen molar-refractivity contribution in [2.24, 2.45) is 0 Å². The molecule has 0 saturated heterocycles. The molecule has 162 valence electrons. The lowest BCUT2D eigenvalue weighted by Gasteiger charge is -2.12. The first-order chi connectivity index (χ1) is 16.2. The highest BCUT2D eigenvalue weighted by atomic mass is 16.7. The van der Waals surface area contributed by atoms with Crippen molar-refractivity contribution in [3.05, 3.63) is 108 Å². The molecule has 0 saturated carbocycles. The van der Waals surface area contributed by atoms with Crippen LogP contribution >= 0.6 is 0 Å². The highest BCUT2D eigenvalue weighted by molar-refractivity contribution is 6.11. The van der Waals surface area contributed by atoms with E-state index in [1.54, 1.807) is 48.5 Å². The van der Waals surface area contributed by atoms with Crippen LogP contribution in [0.3, 0.4) is 0 Å². The standard InChI is InChI=1S/C27H20N2O4/c30-26(20-7-2-1-3-8-20)29-23(14-18-10-13-24-25(15-18)33-17-32-24)27(31)28-22-12-11-19-6-4-5-9-21(19)16-22/h1-16H,17H2,(H,28,31)(H,29,30)/b23-14-. The molecular weight excluding hydrogens is 416 g/mol. The molecule has 2 N–H and O–H groups in total. The van der Waals surface area contributed by atoms with Gasteiger partial charge in [0, 0.05) is 11.3 Å². The quantitative estimate of drug-likeness (QED) is 0.433. The maximum atomic E-state index is 13.2. The Morgan fingerprint density at radius 1 is 0.758 bits per heavy atom. The molecule has 0 bridgehead atoms. The third kappa shape index (κ3) is 4.55. The number of carbonyl (C=O) groups excluding carboxylic acids is 2. The average Bonchev–Trinajstić information content (AvgIpc) is 3.32. The number of nitrogens with one attached hydrogen (secondary N) is 2. The zero-order valence-electron chi connectivity index (χ0n) is 17.6. The maximum absolute atomic E-state index is 13.2. The zero-order chi connectivity index (χ0) is 22.6. The molecule has 2 amide bonds. The van der Waals surface area contributed by atoms with Crippen molar-refractivity contribution in [3.8, 4) is 11.5 Å². The third-order valence-electron chi connectivity index (χ3n) is 5.24. The number of amides is 2. The number of hydrogen-bond acceptors (Lipinski definition) is 4. The highest BCUT2D eigenvalue weighted by Gasteiger charge is 2.17. The van der Waals surface area contributed by atoms with Gasteiger partial charge in [-0.2, -0.15) is 0 Å². The molecule has 1 heterocycles. The fraction of sp³-hybridized carbons (Fsp3) is 0.0370. The van der Waals surface area contributed by atoms with E-state index in [0.29, 0.717) is 28.3 Å². The Morgan fingerprint density at radius 3 is 2.36 bits per heavy atom. The molecule has 6 nitrogen and oxygen atoms in total. The third-order valence-corrected chi connectivity index (χ3v) is 5.24. The monoisotopic (exact) mass is 436 g/mol. The van der Waals surface area contributed by atoms with Gasteiger partial charge in [0.25, 0.3) is 11.8 Å². The molecule has 1 aliphatic rings. The Hall–Kier alpha value is -4.58. The summed E-state index contributed by atoms with van der Waals surface area (Å²) < 4.78 is 10.8. The van der Waals surface area contributed by atoms with Crippen LogP contribution in [-0.4, -0.2) is 18.6 Å². The SMILES string of the molecule is O=C(Nc1ccc2ccccc2c1)/C(=C/c1ccc2c(c1)OCO2)NC(=O)c1ccccc1. The van der Waals surface area contributed by atoms with Crippen LogP contribution in [0.1, 0.15) is 15.9 Å². The molecule has 6 heteroatoms. The van der Waals surface area contributed by atoms with Crippen molar-refractivity contribution in [1.29, 1.82) is 0 Å². The molecule has 1 aliphatic heterocycles. The Bertz CT molecular complexity index is 1380. The van der Waals surface area contributed by atoms with E-state index in [9.17, 15) is 9.59 Å². The second kappa shape index (κ2) is 8.88. The van der Waals surface area contributed by atoms with Crippen LogP contribution in [-0.2, 0) is 4.79 Å². The second-order valence-electron chi connectivity index (χ2n) is 7.51. The highest BCUT2D eigenvalue weighted by Crippen LogP contribution is 2.33. The van der Waals surface area contributed by atoms with Gasteiger partial charge in [0.1, 0.15) is 5.70 Å². The number of benzene rings is 4. The number of anilines is 1. The number of carbonyl (C=O) groups is 2. The van der Waals surface area contributed by atoms with Gasteiger partial charge >= 0.3 is 0 Å². The van der Waals surface area contributed by atoms with Crippen LogP contribution in [0.4, 0.5) is 5.69 Å². The summed E-state index contributed by atoms with van der Waals surface area (Å²) in [5.74, 6) is 0.415. The van der Waals surface area contributed by atoms with E-state index in [2.05, 4.69) is 10.6 Å². The van der Waals surface area contributed by atoms with E-state index in [4.69, 9.17) is 9.47 Å². The molecule has 33 heavy (non-hydrogen) atoms. The van der Waals surface area contributed by atoms with Crippen molar-refractivity contribution in [3.63, 3.8) is 0 Å². The number of fused-ring (bicyclic) bond motifs is 2. The predicted molar refractivity (Wildman–Crippen MR) is 127 cm³/mol. The van der Waals surface area contributed by atoms with Crippen LogP contribution < -0.4 is 20.1 Å². The van der Waals surface area contributed by atoms with Crippen molar-refractivity contribution < 1.29 is 19.1 Å². The lowest BCUT2D eigenvalue weighted by molar-refractivity contribution is -0.113. The van der Waals surface area contributed by atoms with E-state index >= 15 is 0 Å². The summed E-state index contributed by atoms with van der Waals surface area (Å²) in [6.45, 7) is 0.155. The summed E-state index contributed by atoms with van der Waals surface area (Å²) in [6.07, 6.45) is 1.61. The van der Waals surface area contributed by atoms with Crippen LogP contribution in [0.5, 0.6) is 11.5 Å². The molecule has 4 aromatic carbocycles. The van der Waals surface area contributed by atoms with Crippen molar-refractivity contribution in [1.82, 2.24) is 5.32 Å². The summed E-state index contributed by atoms with van der Waals surface area (Å²) >= 11 is 0. The second-order valence-corrected chi connectivity index (χ2v) is 7.51. The maximum Gasteiger partial charge on any atom is 0.272 e. The number of hydrogen-bond donors (Lipinski definition) is 2. The summed E-state index contributed by atoms with van der Waals surface area (Å²) in [7, 11) is 0. The fourth-order valence-electron chi connectivity index (χ4n) is 3.58. The summed E-state index contributed by atoms with van der Waals surface area (Å²) in [4.78, 5) is 26.0. The van der Waals surface area contributed by atoms with E-state index in [0.717, 1.165) is 10.8 Å². The Balaban J connectivity index is 1.45. The smallest absolute Gasteiger partial charge is 0.272 e. The normalized spacial score (nSPS) is 12.4. The van der Waals surface area contributed by atoms with Gasteiger partial charge in [0.15, 0.2) is 11.5 Å². The molecule has 5 rings (SSSR count). The lowest BCUT2D eigenvalue weighted by Crippen LogP contribution is -2.30. The van der Waals surface area contributed by atoms with E-state index in [-0.39, 0.29) is 18.4 Å². The topological polar surface area (TPSA) is 76.7 Å². The minimum Gasteiger partial charge on any atom is -0.454 e. The Kier molecular flexibility index (Phi) is 5.47. The van der Waals surface area contributed by atoms with Gasteiger partial charge in [0.05, 0.1) is 0 Å². The van der Waals surface area contributed by atoms with Gasteiger partial charge in [0.2, 0.25) is 6.79 Å². The van der Waals surface area contributed by atoms with Crippen molar-refractivity contribution in [2.45, 2.75) is 0 Å². The van der Waals surface area contributed by atoms with Gasteiger partial charge in [-0.15, -0.1) is 0 Å². The molecular formula is C27H20N2O4. The zero-order valence-corrected chi connectivity index (χ0v) is 17.6. The Labute approximate surface area is 190 Å². The summed E-state index contributed by atoms with van der Waals surface area (Å²) in [5.41, 5.74) is 1.88.